The summed E-state index contributed by atoms with van der Waals surface area (Å²) in [6.45, 7) is 3.12. The van der Waals surface area contributed by atoms with E-state index in [2.05, 4.69) is 10.4 Å². The van der Waals surface area contributed by atoms with E-state index in [1.807, 2.05) is 48.5 Å². The molecule has 1 atom stereocenters. The van der Waals surface area contributed by atoms with Crippen LogP contribution in [0.3, 0.4) is 0 Å². The molecule has 0 fully saturated rings. The molecular formula is C23H22ClN3O4. The highest BCUT2D eigenvalue weighted by molar-refractivity contribution is 6.31. The van der Waals surface area contributed by atoms with Crippen LogP contribution >= 0.6 is 11.6 Å². The number of carboxylic acids is 1. The number of fused-ring (bicyclic) bond motifs is 3. The molecule has 8 heteroatoms. The molecule has 1 heterocycles. The maximum atomic E-state index is 12.6. The van der Waals surface area contributed by atoms with Crippen molar-refractivity contribution in [2.75, 3.05) is 6.61 Å². The number of amides is 1. The van der Waals surface area contributed by atoms with Gasteiger partial charge in [0, 0.05) is 12.1 Å². The van der Waals surface area contributed by atoms with Gasteiger partial charge in [-0.3, -0.25) is 4.68 Å². The number of nitrogens with one attached hydrogen (secondary N) is 1. The highest BCUT2D eigenvalue weighted by Crippen LogP contribution is 2.44. The number of aryl methyl sites for hydroxylation is 1. The van der Waals surface area contributed by atoms with Crippen molar-refractivity contribution >= 4 is 23.7 Å². The van der Waals surface area contributed by atoms with E-state index in [-0.39, 0.29) is 19.1 Å². The first kappa shape index (κ1) is 20.9. The smallest absolute Gasteiger partial charge is 0.408 e. The number of alkyl carbamates (subject to hydrolysis) is 1. The number of rotatable bonds is 6. The van der Waals surface area contributed by atoms with Crippen LogP contribution in [0, 0.1) is 6.92 Å². The van der Waals surface area contributed by atoms with Crippen molar-refractivity contribution in [3.63, 3.8) is 0 Å². The van der Waals surface area contributed by atoms with Crippen molar-refractivity contribution in [1.29, 1.82) is 0 Å². The molecule has 31 heavy (non-hydrogen) atoms. The molecule has 3 aromatic rings. The van der Waals surface area contributed by atoms with Crippen LogP contribution < -0.4 is 5.32 Å². The molecule has 4 rings (SSSR count). The molecule has 160 valence electrons. The van der Waals surface area contributed by atoms with Crippen LogP contribution in [0.25, 0.3) is 11.1 Å². The number of hydrogen-bond donors (Lipinski definition) is 2. The Hall–Kier alpha value is -3.32. The molecule has 0 spiro atoms. The number of carbonyl (C=O) groups is 2. The molecule has 1 aliphatic rings. The minimum Gasteiger partial charge on any atom is -0.479 e. The van der Waals surface area contributed by atoms with Gasteiger partial charge in [-0.25, -0.2) is 9.59 Å². The number of halogens is 1. The van der Waals surface area contributed by atoms with Gasteiger partial charge in [0.1, 0.15) is 6.61 Å². The first-order chi connectivity index (χ1) is 14.8. The van der Waals surface area contributed by atoms with Gasteiger partial charge >= 0.3 is 12.1 Å². The third-order valence-electron chi connectivity index (χ3n) is 5.56. The molecule has 2 N–H and O–H groups in total. The summed E-state index contributed by atoms with van der Waals surface area (Å²) in [5.41, 5.74) is 3.36. The van der Waals surface area contributed by atoms with Crippen LogP contribution in [-0.4, -0.2) is 39.1 Å². The van der Waals surface area contributed by atoms with Crippen molar-refractivity contribution in [2.24, 2.45) is 0 Å². The molecular weight excluding hydrogens is 418 g/mol. The second-order valence-electron chi connectivity index (χ2n) is 7.85. The number of carboxylic acid groups (broad SMARTS) is 1. The summed E-state index contributed by atoms with van der Waals surface area (Å²) in [6, 6.07) is 16.0. The molecule has 0 bridgehead atoms. The molecule has 1 amide bonds. The summed E-state index contributed by atoms with van der Waals surface area (Å²) in [4.78, 5) is 24.4. The van der Waals surface area contributed by atoms with Crippen LogP contribution in [0.15, 0.2) is 54.7 Å². The Labute approximate surface area is 184 Å². The largest absolute Gasteiger partial charge is 0.479 e. The van der Waals surface area contributed by atoms with Crippen LogP contribution in [0.5, 0.6) is 0 Å². The van der Waals surface area contributed by atoms with E-state index < -0.39 is 17.6 Å². The summed E-state index contributed by atoms with van der Waals surface area (Å²) in [6.07, 6.45) is 0.721. The summed E-state index contributed by atoms with van der Waals surface area (Å²) in [5.74, 6) is -1.31. The molecule has 2 aromatic carbocycles. The summed E-state index contributed by atoms with van der Waals surface area (Å²) >= 11 is 6.01. The fraction of sp³-hybridized carbons (Fsp3) is 0.261. The van der Waals surface area contributed by atoms with E-state index >= 15 is 0 Å². The third kappa shape index (κ3) is 4.01. The number of benzene rings is 2. The number of aliphatic carboxylic acids is 1. The SMILES string of the molecule is Cc1nn(CC(C)(NC(=O)OCC2c3ccccc3-c3ccccc32)C(=O)O)cc1Cl. The van der Waals surface area contributed by atoms with Crippen molar-refractivity contribution < 1.29 is 19.4 Å². The number of carbonyl (C=O) groups excluding carboxylic acids is 1. The standard InChI is InChI=1S/C23H22ClN3O4/c1-14-20(24)11-27(26-14)13-23(2,21(28)29)25-22(30)31-12-19-17-9-5-3-7-15(17)16-8-4-6-10-18(16)19/h3-11,19H,12-13H2,1-2H3,(H,25,30)(H,28,29). The molecule has 0 aliphatic heterocycles. The first-order valence-electron chi connectivity index (χ1n) is 9.84. The van der Waals surface area contributed by atoms with E-state index in [1.165, 1.54) is 17.8 Å². The van der Waals surface area contributed by atoms with Gasteiger partial charge in [-0.1, -0.05) is 60.1 Å². The fourth-order valence-corrected chi connectivity index (χ4v) is 4.07. The Morgan fingerprint density at radius 1 is 1.16 bits per heavy atom. The first-order valence-corrected chi connectivity index (χ1v) is 10.2. The minimum absolute atomic E-state index is 0.0971. The second-order valence-corrected chi connectivity index (χ2v) is 8.26. The van der Waals surface area contributed by atoms with Gasteiger partial charge in [0.2, 0.25) is 0 Å². The number of aromatic nitrogens is 2. The molecule has 1 unspecified atom stereocenters. The maximum Gasteiger partial charge on any atom is 0.408 e. The van der Waals surface area contributed by atoms with Crippen LogP contribution in [0.4, 0.5) is 4.79 Å². The highest BCUT2D eigenvalue weighted by atomic mass is 35.5. The van der Waals surface area contributed by atoms with E-state index in [9.17, 15) is 14.7 Å². The maximum absolute atomic E-state index is 12.6. The molecule has 0 radical (unpaired) electrons. The lowest BCUT2D eigenvalue weighted by Crippen LogP contribution is -2.55. The van der Waals surface area contributed by atoms with Gasteiger partial charge in [0.05, 0.1) is 17.3 Å². The zero-order valence-corrected chi connectivity index (χ0v) is 17.9. The number of hydrogen-bond acceptors (Lipinski definition) is 4. The van der Waals surface area contributed by atoms with Crippen molar-refractivity contribution in [3.8, 4) is 11.1 Å². The molecule has 0 saturated carbocycles. The monoisotopic (exact) mass is 439 g/mol. The topological polar surface area (TPSA) is 93.5 Å². The van der Waals surface area contributed by atoms with Gasteiger partial charge in [-0.15, -0.1) is 0 Å². The molecule has 1 aliphatic carbocycles. The lowest BCUT2D eigenvalue weighted by Gasteiger charge is -2.26. The predicted molar refractivity (Wildman–Crippen MR) is 116 cm³/mol. The Kier molecular flexibility index (Phi) is 5.45. The van der Waals surface area contributed by atoms with Crippen molar-refractivity contribution in [2.45, 2.75) is 31.8 Å². The van der Waals surface area contributed by atoms with Crippen molar-refractivity contribution in [1.82, 2.24) is 15.1 Å². The van der Waals surface area contributed by atoms with E-state index in [1.54, 1.807) is 6.92 Å². The van der Waals surface area contributed by atoms with Gasteiger partial charge in [0.15, 0.2) is 5.54 Å². The summed E-state index contributed by atoms with van der Waals surface area (Å²) in [7, 11) is 0. The van der Waals surface area contributed by atoms with Crippen LogP contribution in [0.2, 0.25) is 5.02 Å². The van der Waals surface area contributed by atoms with E-state index in [0.717, 1.165) is 22.3 Å². The third-order valence-corrected chi connectivity index (χ3v) is 5.93. The van der Waals surface area contributed by atoms with Gasteiger partial charge < -0.3 is 15.2 Å². The van der Waals surface area contributed by atoms with Crippen molar-refractivity contribution in [3.05, 3.63) is 76.6 Å². The zero-order chi connectivity index (χ0) is 22.2. The summed E-state index contributed by atoms with van der Waals surface area (Å²) in [5, 5.41) is 16.8. The highest BCUT2D eigenvalue weighted by Gasteiger charge is 2.37. The fourth-order valence-electron chi connectivity index (χ4n) is 3.92. The predicted octanol–water partition coefficient (Wildman–Crippen LogP) is 4.23. The lowest BCUT2D eigenvalue weighted by atomic mass is 9.98. The Balaban J connectivity index is 1.47. The Bertz CT molecular complexity index is 1090. The van der Waals surface area contributed by atoms with Crippen LogP contribution in [0.1, 0.15) is 29.7 Å². The normalized spacial score (nSPS) is 14.4. The number of nitrogens with zero attached hydrogens (tertiary/aromatic N) is 2. The Morgan fingerprint density at radius 2 is 1.74 bits per heavy atom. The Morgan fingerprint density at radius 3 is 2.26 bits per heavy atom. The van der Waals surface area contributed by atoms with E-state index in [4.69, 9.17) is 16.3 Å². The molecule has 0 saturated heterocycles. The summed E-state index contributed by atoms with van der Waals surface area (Å²) < 4.78 is 6.88. The van der Waals surface area contributed by atoms with Gasteiger partial charge in [-0.2, -0.15) is 5.10 Å². The number of ether oxygens (including phenoxy) is 1. The van der Waals surface area contributed by atoms with Gasteiger partial charge in [-0.05, 0) is 36.1 Å². The zero-order valence-electron chi connectivity index (χ0n) is 17.1. The molecule has 1 aromatic heterocycles. The average Bonchev–Trinajstić information content (AvgIpc) is 3.22. The van der Waals surface area contributed by atoms with E-state index in [0.29, 0.717) is 10.7 Å². The average molecular weight is 440 g/mol. The van der Waals surface area contributed by atoms with Gasteiger partial charge in [0.25, 0.3) is 0 Å². The second kappa shape index (κ2) is 8.07. The molecule has 7 nitrogen and oxygen atoms in total. The quantitative estimate of drug-likeness (QED) is 0.599. The van der Waals surface area contributed by atoms with Crippen LogP contribution in [-0.2, 0) is 16.1 Å². The minimum atomic E-state index is -1.62. The lowest BCUT2D eigenvalue weighted by molar-refractivity contribution is -0.144.